The highest BCUT2D eigenvalue weighted by Gasteiger charge is 1.81. The number of allylic oxidation sites excluding steroid dienone is 3. The number of hydrogen-bond donors (Lipinski definition) is 2. The van der Waals surface area contributed by atoms with Crippen LogP contribution in [0.25, 0.3) is 0 Å². The van der Waals surface area contributed by atoms with Crippen LogP contribution in [0.3, 0.4) is 0 Å². The summed E-state index contributed by atoms with van der Waals surface area (Å²) in [4.78, 5) is 9.75. The first-order valence-electron chi connectivity index (χ1n) is 4.87. The molecule has 0 aliphatic rings. The number of aliphatic hydroxyl groups is 1. The maximum Gasteiger partial charge on any atom is 0.328 e. The van der Waals surface area contributed by atoms with Crippen molar-refractivity contribution < 1.29 is 15.0 Å². The average molecular weight is 220 g/mol. The Labute approximate surface area is 95.4 Å². The van der Waals surface area contributed by atoms with Crippen molar-refractivity contribution >= 4 is 5.97 Å². The van der Waals surface area contributed by atoms with Crippen molar-refractivity contribution in [2.45, 2.75) is 13.5 Å². The molecule has 3 nitrogen and oxygen atoms in total. The molecule has 1 aromatic carbocycles. The molecular weight excluding hydrogens is 204 g/mol. The number of carbonyl (C=O) groups is 1. The molecule has 2 N–H and O–H groups in total. The van der Waals surface area contributed by atoms with Crippen LogP contribution in [-0.2, 0) is 11.4 Å². The predicted octanol–water partition coefficient (Wildman–Crippen LogP) is 2.38. The zero-order chi connectivity index (χ0) is 12.2. The first-order chi connectivity index (χ1) is 7.70. The number of carboxylic acid groups (broad SMARTS) is 1. The van der Waals surface area contributed by atoms with Crippen LogP contribution in [-0.4, -0.2) is 16.2 Å². The van der Waals surface area contributed by atoms with E-state index in [-0.39, 0.29) is 6.61 Å². The lowest BCUT2D eigenvalue weighted by Gasteiger charge is -1.89. The fraction of sp³-hybridized carbons (Fsp3) is 0.154. The molecule has 86 valence electrons. The predicted molar refractivity (Wildman–Crippen MR) is 64.0 cm³/mol. The Morgan fingerprint density at radius 1 is 1.25 bits per heavy atom. The standard InChI is InChI=1S/C7H8O.C6H8O2/c8-6-7-4-2-1-3-5-7;1-2-3-4-5-6(7)8/h1-5,8H,6H2;2-5H,1H3,(H,7,8). The summed E-state index contributed by atoms with van der Waals surface area (Å²) < 4.78 is 0. The largest absolute Gasteiger partial charge is 0.478 e. The van der Waals surface area contributed by atoms with Gasteiger partial charge in [0.1, 0.15) is 0 Å². The molecule has 0 aromatic heterocycles. The molecule has 3 heteroatoms. The third kappa shape index (κ3) is 8.72. The van der Waals surface area contributed by atoms with E-state index in [1.54, 1.807) is 12.2 Å². The Bertz CT molecular complexity index is 339. The summed E-state index contributed by atoms with van der Waals surface area (Å²) in [5.74, 6) is -0.914. The summed E-state index contributed by atoms with van der Waals surface area (Å²) in [7, 11) is 0. The molecule has 1 aromatic rings. The van der Waals surface area contributed by atoms with Gasteiger partial charge in [-0.15, -0.1) is 0 Å². The third-order valence-corrected chi connectivity index (χ3v) is 1.57. The molecule has 0 unspecified atom stereocenters. The molecule has 1 rings (SSSR count). The Balaban J connectivity index is 0.000000281. The number of hydrogen-bond acceptors (Lipinski definition) is 2. The number of carboxylic acids is 1. The second kappa shape index (κ2) is 9.68. The highest BCUT2D eigenvalue weighted by Crippen LogP contribution is 1.95. The maximum absolute atomic E-state index is 9.75. The lowest BCUT2D eigenvalue weighted by atomic mass is 10.2. The lowest BCUT2D eigenvalue weighted by molar-refractivity contribution is -0.131. The van der Waals surface area contributed by atoms with Gasteiger partial charge in [-0.2, -0.15) is 0 Å². The molecule has 0 saturated carbocycles. The maximum atomic E-state index is 9.75. The Morgan fingerprint density at radius 2 is 1.88 bits per heavy atom. The summed E-state index contributed by atoms with van der Waals surface area (Å²) in [6.07, 6.45) is 5.98. The van der Waals surface area contributed by atoms with Gasteiger partial charge in [0.2, 0.25) is 0 Å². The van der Waals surface area contributed by atoms with Crippen LogP contribution in [0, 0.1) is 0 Å². The third-order valence-electron chi connectivity index (χ3n) is 1.57. The molecule has 0 bridgehead atoms. The molecule has 0 aliphatic heterocycles. The van der Waals surface area contributed by atoms with Crippen LogP contribution in [0.5, 0.6) is 0 Å². The molecule has 0 spiro atoms. The Hall–Kier alpha value is -1.87. The van der Waals surface area contributed by atoms with Crippen molar-refractivity contribution in [1.29, 1.82) is 0 Å². The van der Waals surface area contributed by atoms with Crippen molar-refractivity contribution in [3.05, 3.63) is 60.2 Å². The van der Waals surface area contributed by atoms with Gasteiger partial charge in [0.05, 0.1) is 6.61 Å². The monoisotopic (exact) mass is 220 g/mol. The number of benzene rings is 1. The Morgan fingerprint density at radius 3 is 2.25 bits per heavy atom. The van der Waals surface area contributed by atoms with Gasteiger partial charge in [-0.3, -0.25) is 0 Å². The van der Waals surface area contributed by atoms with Crippen LogP contribution in [0.15, 0.2) is 54.6 Å². The van der Waals surface area contributed by atoms with E-state index in [1.807, 2.05) is 37.3 Å². The van der Waals surface area contributed by atoms with Gasteiger partial charge >= 0.3 is 5.97 Å². The van der Waals surface area contributed by atoms with E-state index in [0.717, 1.165) is 11.6 Å². The normalized spacial score (nSPS) is 10.1. The molecule has 0 heterocycles. The van der Waals surface area contributed by atoms with E-state index < -0.39 is 5.97 Å². The second-order valence-corrected chi connectivity index (χ2v) is 2.87. The van der Waals surface area contributed by atoms with E-state index >= 15 is 0 Å². The minimum absolute atomic E-state index is 0.140. The van der Waals surface area contributed by atoms with Crippen LogP contribution < -0.4 is 0 Å². The number of aliphatic carboxylic acids is 1. The molecular formula is C13H16O3. The molecule has 0 aliphatic carbocycles. The number of rotatable bonds is 3. The molecule has 0 atom stereocenters. The summed E-state index contributed by atoms with van der Waals surface area (Å²) in [5.41, 5.74) is 0.965. The van der Waals surface area contributed by atoms with Gasteiger partial charge in [-0.1, -0.05) is 48.6 Å². The van der Waals surface area contributed by atoms with E-state index in [1.165, 1.54) is 6.08 Å². The fourth-order valence-corrected chi connectivity index (χ4v) is 0.832. The van der Waals surface area contributed by atoms with Crippen LogP contribution in [0.2, 0.25) is 0 Å². The number of aliphatic hydroxyl groups excluding tert-OH is 1. The van der Waals surface area contributed by atoms with Gasteiger partial charge in [0.25, 0.3) is 0 Å². The van der Waals surface area contributed by atoms with Crippen LogP contribution >= 0.6 is 0 Å². The van der Waals surface area contributed by atoms with Crippen molar-refractivity contribution in [3.8, 4) is 0 Å². The van der Waals surface area contributed by atoms with Crippen LogP contribution in [0.1, 0.15) is 12.5 Å². The highest BCUT2D eigenvalue weighted by atomic mass is 16.4. The SMILES string of the molecule is CC=CC=CC(=O)O.OCc1ccccc1. The fourth-order valence-electron chi connectivity index (χ4n) is 0.832. The van der Waals surface area contributed by atoms with Crippen molar-refractivity contribution in [3.63, 3.8) is 0 Å². The average Bonchev–Trinajstić information content (AvgIpc) is 2.31. The van der Waals surface area contributed by atoms with Crippen molar-refractivity contribution in [2.75, 3.05) is 0 Å². The highest BCUT2D eigenvalue weighted by molar-refractivity contribution is 5.80. The second-order valence-electron chi connectivity index (χ2n) is 2.87. The summed E-state index contributed by atoms with van der Waals surface area (Å²) in [6.45, 7) is 1.97. The summed E-state index contributed by atoms with van der Waals surface area (Å²) in [5, 5.41) is 16.6. The summed E-state index contributed by atoms with van der Waals surface area (Å²) in [6, 6.07) is 9.52. The van der Waals surface area contributed by atoms with Gasteiger partial charge in [-0.25, -0.2) is 4.79 Å². The zero-order valence-electron chi connectivity index (χ0n) is 9.21. The van der Waals surface area contributed by atoms with E-state index in [2.05, 4.69) is 0 Å². The minimum Gasteiger partial charge on any atom is -0.478 e. The van der Waals surface area contributed by atoms with Crippen LogP contribution in [0.4, 0.5) is 0 Å². The molecule has 0 radical (unpaired) electrons. The van der Waals surface area contributed by atoms with Gasteiger partial charge in [0.15, 0.2) is 0 Å². The van der Waals surface area contributed by atoms with E-state index in [9.17, 15) is 4.79 Å². The quantitative estimate of drug-likeness (QED) is 0.607. The lowest BCUT2D eigenvalue weighted by Crippen LogP contribution is -1.83. The van der Waals surface area contributed by atoms with Gasteiger partial charge < -0.3 is 10.2 Å². The van der Waals surface area contributed by atoms with E-state index in [0.29, 0.717) is 0 Å². The van der Waals surface area contributed by atoms with Gasteiger partial charge in [0, 0.05) is 6.08 Å². The van der Waals surface area contributed by atoms with Gasteiger partial charge in [-0.05, 0) is 12.5 Å². The van der Waals surface area contributed by atoms with E-state index in [4.69, 9.17) is 10.2 Å². The summed E-state index contributed by atoms with van der Waals surface area (Å²) >= 11 is 0. The first kappa shape index (κ1) is 14.1. The smallest absolute Gasteiger partial charge is 0.328 e. The zero-order valence-corrected chi connectivity index (χ0v) is 9.21. The molecule has 16 heavy (non-hydrogen) atoms. The molecule has 0 fully saturated rings. The molecule has 0 amide bonds. The molecule has 0 saturated heterocycles. The van der Waals surface area contributed by atoms with Crippen molar-refractivity contribution in [1.82, 2.24) is 0 Å². The Kier molecular flexibility index (Phi) is 8.55. The first-order valence-corrected chi connectivity index (χ1v) is 4.87. The minimum atomic E-state index is -0.914. The topological polar surface area (TPSA) is 57.5 Å². The van der Waals surface area contributed by atoms with Crippen molar-refractivity contribution in [2.24, 2.45) is 0 Å².